The van der Waals surface area contributed by atoms with Gasteiger partial charge in [-0.15, -0.1) is 0 Å². The Hall–Kier alpha value is -1.98. The highest BCUT2D eigenvalue weighted by molar-refractivity contribution is 6.34. The highest BCUT2D eigenvalue weighted by Crippen LogP contribution is 2.20. The molecule has 26 heavy (non-hydrogen) atoms. The van der Waals surface area contributed by atoms with Crippen molar-refractivity contribution in [1.82, 2.24) is 10.3 Å². The number of carbonyl (C=O) groups excluding carboxylic acids is 1. The number of amides is 1. The van der Waals surface area contributed by atoms with E-state index in [-0.39, 0.29) is 10.6 Å². The van der Waals surface area contributed by atoms with Gasteiger partial charge in [-0.3, -0.25) is 4.79 Å². The van der Waals surface area contributed by atoms with Gasteiger partial charge in [0.1, 0.15) is 11.6 Å². The van der Waals surface area contributed by atoms with Crippen LogP contribution in [0.25, 0.3) is 0 Å². The average Bonchev–Trinajstić information content (AvgIpc) is 2.55. The minimum absolute atomic E-state index is 0.0696. The number of pyridine rings is 1. The number of nitrogens with zero attached hydrogens (tertiary/aromatic N) is 1. The molecule has 1 amide bonds. The van der Waals surface area contributed by atoms with Gasteiger partial charge < -0.3 is 10.6 Å². The Kier molecular flexibility index (Phi) is 7.54. The van der Waals surface area contributed by atoms with Gasteiger partial charge in [0.2, 0.25) is 0 Å². The van der Waals surface area contributed by atoms with Crippen molar-refractivity contribution in [2.75, 3.05) is 11.9 Å². The van der Waals surface area contributed by atoms with E-state index in [2.05, 4.69) is 29.5 Å². The molecule has 1 aromatic heterocycles. The van der Waals surface area contributed by atoms with E-state index in [1.807, 2.05) is 0 Å². The molecule has 2 heterocycles. The SMILES string of the molecule is CC1CCNC(C)C1.Cc1cccc(NC(=O)c2c(F)cccc2Cl)n1. The maximum absolute atomic E-state index is 13.5. The predicted octanol–water partition coefficient (Wildman–Crippen LogP) is 4.83. The topological polar surface area (TPSA) is 54.0 Å². The van der Waals surface area contributed by atoms with Crippen molar-refractivity contribution in [2.24, 2.45) is 5.92 Å². The molecule has 0 spiro atoms. The highest BCUT2D eigenvalue weighted by atomic mass is 35.5. The standard InChI is InChI=1S/C13H10ClFN2O.C7H15N/c1-8-4-2-7-11(16-8)17-13(18)12-9(14)5-3-6-10(12)15;1-6-3-4-8-7(2)5-6/h2-7H,1H3,(H,16,17,18);6-8H,3-5H2,1-2H3. The monoisotopic (exact) mass is 377 g/mol. The van der Waals surface area contributed by atoms with Crippen LogP contribution in [-0.2, 0) is 0 Å². The summed E-state index contributed by atoms with van der Waals surface area (Å²) in [4.78, 5) is 16.0. The molecule has 2 N–H and O–H groups in total. The summed E-state index contributed by atoms with van der Waals surface area (Å²) in [6.45, 7) is 7.61. The lowest BCUT2D eigenvalue weighted by Crippen LogP contribution is -2.34. The van der Waals surface area contributed by atoms with Crippen molar-refractivity contribution in [3.63, 3.8) is 0 Å². The molecule has 1 aliphatic rings. The lowest BCUT2D eigenvalue weighted by atomic mass is 9.96. The lowest BCUT2D eigenvalue weighted by molar-refractivity contribution is 0.102. The van der Waals surface area contributed by atoms with E-state index in [1.54, 1.807) is 25.1 Å². The first-order valence-corrected chi connectivity index (χ1v) is 9.17. The van der Waals surface area contributed by atoms with Crippen LogP contribution in [-0.4, -0.2) is 23.5 Å². The van der Waals surface area contributed by atoms with Crippen LogP contribution >= 0.6 is 11.6 Å². The zero-order valence-electron chi connectivity index (χ0n) is 15.4. The number of aryl methyl sites for hydroxylation is 1. The summed E-state index contributed by atoms with van der Waals surface area (Å²) >= 11 is 5.80. The van der Waals surface area contributed by atoms with Crippen molar-refractivity contribution in [3.05, 3.63) is 58.5 Å². The normalized spacial score (nSPS) is 19.3. The third kappa shape index (κ3) is 6.07. The first-order chi connectivity index (χ1) is 12.4. The molecule has 1 fully saturated rings. The van der Waals surface area contributed by atoms with Crippen LogP contribution in [0.5, 0.6) is 0 Å². The summed E-state index contributed by atoms with van der Waals surface area (Å²) in [7, 11) is 0. The van der Waals surface area contributed by atoms with Crippen LogP contribution < -0.4 is 10.6 Å². The Morgan fingerprint density at radius 1 is 1.27 bits per heavy atom. The van der Waals surface area contributed by atoms with E-state index in [1.165, 1.54) is 37.6 Å². The summed E-state index contributed by atoms with van der Waals surface area (Å²) in [5.74, 6) is 0.0365. The minimum atomic E-state index is -0.660. The fourth-order valence-corrected chi connectivity index (χ4v) is 3.14. The van der Waals surface area contributed by atoms with Gasteiger partial charge in [0, 0.05) is 11.7 Å². The molecule has 2 unspecified atom stereocenters. The summed E-state index contributed by atoms with van der Waals surface area (Å²) in [6.07, 6.45) is 2.73. The molecule has 1 aromatic carbocycles. The van der Waals surface area contributed by atoms with Crippen LogP contribution in [0.3, 0.4) is 0 Å². The Labute approximate surface area is 159 Å². The van der Waals surface area contributed by atoms with E-state index in [0.717, 1.165) is 17.7 Å². The number of benzene rings is 1. The second kappa shape index (κ2) is 9.64. The van der Waals surface area contributed by atoms with E-state index in [4.69, 9.17) is 11.6 Å². The van der Waals surface area contributed by atoms with Crippen LogP contribution in [0.15, 0.2) is 36.4 Å². The Morgan fingerprint density at radius 3 is 2.58 bits per heavy atom. The molecule has 0 radical (unpaired) electrons. The molecule has 0 aliphatic carbocycles. The number of rotatable bonds is 2. The maximum atomic E-state index is 13.5. The first-order valence-electron chi connectivity index (χ1n) is 8.79. The minimum Gasteiger partial charge on any atom is -0.314 e. The van der Waals surface area contributed by atoms with E-state index in [9.17, 15) is 9.18 Å². The summed E-state index contributed by atoms with van der Waals surface area (Å²) in [5, 5.41) is 5.99. The van der Waals surface area contributed by atoms with E-state index >= 15 is 0 Å². The number of aromatic nitrogens is 1. The summed E-state index contributed by atoms with van der Waals surface area (Å²) < 4.78 is 13.5. The van der Waals surface area contributed by atoms with Crippen LogP contribution in [0.4, 0.5) is 10.2 Å². The molecule has 1 aliphatic heterocycles. The first kappa shape index (κ1) is 20.3. The van der Waals surface area contributed by atoms with Gasteiger partial charge in [-0.1, -0.05) is 30.7 Å². The number of nitrogens with one attached hydrogen (secondary N) is 2. The molecule has 3 rings (SSSR count). The molecule has 0 saturated carbocycles. The number of piperidine rings is 1. The summed E-state index contributed by atoms with van der Waals surface area (Å²) in [5.41, 5.74) is 0.579. The van der Waals surface area contributed by atoms with Gasteiger partial charge in [0.15, 0.2) is 0 Å². The second-order valence-corrected chi connectivity index (χ2v) is 7.11. The Morgan fingerprint density at radius 2 is 2.00 bits per heavy atom. The third-order valence-corrected chi connectivity index (χ3v) is 4.52. The fraction of sp³-hybridized carbons (Fsp3) is 0.400. The van der Waals surface area contributed by atoms with Gasteiger partial charge in [-0.05, 0) is 63.4 Å². The number of hydrogen-bond acceptors (Lipinski definition) is 3. The average molecular weight is 378 g/mol. The second-order valence-electron chi connectivity index (χ2n) is 6.70. The zero-order chi connectivity index (χ0) is 19.1. The summed E-state index contributed by atoms with van der Waals surface area (Å²) in [6, 6.07) is 10.0. The van der Waals surface area contributed by atoms with Crippen molar-refractivity contribution in [3.8, 4) is 0 Å². The van der Waals surface area contributed by atoms with Gasteiger partial charge in [-0.25, -0.2) is 9.37 Å². The number of carbonyl (C=O) groups is 1. The van der Waals surface area contributed by atoms with Crippen LogP contribution in [0, 0.1) is 18.7 Å². The van der Waals surface area contributed by atoms with Crippen LogP contribution in [0.1, 0.15) is 42.7 Å². The van der Waals surface area contributed by atoms with E-state index < -0.39 is 11.7 Å². The number of halogens is 2. The van der Waals surface area contributed by atoms with E-state index in [0.29, 0.717) is 5.82 Å². The number of anilines is 1. The van der Waals surface area contributed by atoms with Gasteiger partial charge in [-0.2, -0.15) is 0 Å². The zero-order valence-corrected chi connectivity index (χ0v) is 16.1. The molecule has 6 heteroatoms. The molecule has 4 nitrogen and oxygen atoms in total. The lowest BCUT2D eigenvalue weighted by Gasteiger charge is -2.24. The third-order valence-electron chi connectivity index (χ3n) is 4.21. The van der Waals surface area contributed by atoms with Crippen molar-refractivity contribution >= 4 is 23.3 Å². The number of hydrogen-bond donors (Lipinski definition) is 2. The van der Waals surface area contributed by atoms with Gasteiger partial charge >= 0.3 is 0 Å². The molecule has 2 atom stereocenters. The quantitative estimate of drug-likeness (QED) is 0.788. The van der Waals surface area contributed by atoms with Crippen molar-refractivity contribution in [1.29, 1.82) is 0 Å². The smallest absolute Gasteiger partial charge is 0.261 e. The molecular formula is C20H25ClFN3O. The largest absolute Gasteiger partial charge is 0.314 e. The predicted molar refractivity (Wildman–Crippen MR) is 104 cm³/mol. The molecule has 0 bridgehead atoms. The van der Waals surface area contributed by atoms with Crippen molar-refractivity contribution < 1.29 is 9.18 Å². The van der Waals surface area contributed by atoms with Crippen LogP contribution in [0.2, 0.25) is 5.02 Å². The molecule has 1 saturated heterocycles. The van der Waals surface area contributed by atoms with Gasteiger partial charge in [0.05, 0.1) is 10.6 Å². The van der Waals surface area contributed by atoms with Gasteiger partial charge in [0.25, 0.3) is 5.91 Å². The Bertz CT molecular complexity index is 725. The maximum Gasteiger partial charge on any atom is 0.261 e. The highest BCUT2D eigenvalue weighted by Gasteiger charge is 2.16. The molecular weight excluding hydrogens is 353 g/mol. The molecule has 2 aromatic rings. The fourth-order valence-electron chi connectivity index (χ4n) is 2.89. The Balaban J connectivity index is 0.000000254. The van der Waals surface area contributed by atoms with Crippen molar-refractivity contribution in [2.45, 2.75) is 39.7 Å². The molecule has 140 valence electrons.